The largest absolute Gasteiger partial charge is 0.490 e. The zero-order valence-corrected chi connectivity index (χ0v) is 20.6. The highest BCUT2D eigenvalue weighted by molar-refractivity contribution is 7.66. The number of phosphoric acid groups is 3. The second kappa shape index (κ2) is 10.2. The predicted octanol–water partition coefficient (Wildman–Crippen LogP) is 0.944. The van der Waals surface area contributed by atoms with Crippen molar-refractivity contribution >= 4 is 40.6 Å². The minimum Gasteiger partial charge on any atom is -0.476 e. The zero-order chi connectivity index (χ0) is 25.3. The Labute approximate surface area is 192 Å². The summed E-state index contributed by atoms with van der Waals surface area (Å²) in [5.41, 5.74) is 6.61. The molecule has 2 unspecified atom stereocenters. The zero-order valence-electron chi connectivity index (χ0n) is 17.9. The molecule has 0 spiro atoms. The molecule has 192 valence electrons. The Bertz CT molecular complexity index is 1170. The number of nitrogen functional groups attached to an aromatic ring is 1. The molecule has 2 aromatic rings. The Balaban J connectivity index is 1.61. The fourth-order valence-electron chi connectivity index (χ4n) is 3.31. The molecule has 1 aliphatic heterocycles. The van der Waals surface area contributed by atoms with E-state index in [1.807, 2.05) is 6.92 Å². The fraction of sp³-hybridized carbons (Fsp3) is 0.643. The third-order valence-corrected chi connectivity index (χ3v) is 8.39. The van der Waals surface area contributed by atoms with Crippen LogP contribution in [0.1, 0.15) is 20.3 Å². The maximum Gasteiger partial charge on any atom is 0.490 e. The summed E-state index contributed by atoms with van der Waals surface area (Å²) in [5.74, 6) is 0.211. The summed E-state index contributed by atoms with van der Waals surface area (Å²) < 4.78 is 59.0. The molecule has 0 aliphatic carbocycles. The van der Waals surface area contributed by atoms with E-state index in [2.05, 4.69) is 28.1 Å². The van der Waals surface area contributed by atoms with E-state index in [1.54, 1.807) is 11.5 Å². The Morgan fingerprint density at radius 2 is 1.88 bits per heavy atom. The van der Waals surface area contributed by atoms with Gasteiger partial charge in [0.15, 0.2) is 11.2 Å². The van der Waals surface area contributed by atoms with Crippen LogP contribution in [0.3, 0.4) is 0 Å². The van der Waals surface area contributed by atoms with Crippen molar-refractivity contribution in [1.82, 2.24) is 19.5 Å². The number of imidazole rings is 1. The third kappa shape index (κ3) is 7.26. The first-order valence-electron chi connectivity index (χ1n) is 9.73. The highest BCUT2D eigenvalue weighted by atomic mass is 31.3. The van der Waals surface area contributed by atoms with Gasteiger partial charge in [-0.2, -0.15) is 18.6 Å². The topological polar surface area (TPSA) is 248 Å². The van der Waals surface area contributed by atoms with Gasteiger partial charge in [-0.15, -0.1) is 0 Å². The fourth-order valence-corrected chi connectivity index (χ4v) is 6.36. The average Bonchev–Trinajstić information content (AvgIpc) is 3.21. The molecule has 1 saturated heterocycles. The SMILES string of the molecule is CCOc1nc(N)nc2c1ncn2C[C@@H]1O[C@H](COP(=O)(O)OP(=O)(O)OP(=O)(O)O)C[C@@H]1C. The summed E-state index contributed by atoms with van der Waals surface area (Å²) in [5, 5.41) is 0. The average molecular weight is 547 g/mol. The molecular formula is C14H24N5O12P3. The van der Waals surface area contributed by atoms with Crippen molar-refractivity contribution in [3.05, 3.63) is 6.33 Å². The van der Waals surface area contributed by atoms with Gasteiger partial charge in [-0.1, -0.05) is 6.92 Å². The van der Waals surface area contributed by atoms with Crippen molar-refractivity contribution in [2.75, 3.05) is 18.9 Å². The van der Waals surface area contributed by atoms with E-state index in [1.165, 1.54) is 6.33 Å². The van der Waals surface area contributed by atoms with Crippen LogP contribution in [0.4, 0.5) is 5.95 Å². The lowest BCUT2D eigenvalue weighted by Gasteiger charge is -2.18. The molecule has 5 atom stereocenters. The van der Waals surface area contributed by atoms with E-state index in [4.69, 9.17) is 25.0 Å². The molecule has 0 radical (unpaired) electrons. The van der Waals surface area contributed by atoms with Crippen LogP contribution < -0.4 is 10.5 Å². The van der Waals surface area contributed by atoms with Gasteiger partial charge in [-0.05, 0) is 19.3 Å². The van der Waals surface area contributed by atoms with E-state index in [9.17, 15) is 23.5 Å². The minimum absolute atomic E-state index is 0.00645. The number of phosphoric ester groups is 1. The molecule has 3 rings (SSSR count). The van der Waals surface area contributed by atoms with Gasteiger partial charge >= 0.3 is 23.5 Å². The maximum absolute atomic E-state index is 11.9. The lowest BCUT2D eigenvalue weighted by Crippen LogP contribution is -2.22. The standard InChI is InChI=1S/C14H24N5O12P3/c1-3-27-13-11-12(17-14(15)18-13)19(7-16-11)5-10-8(2)4-9(29-10)6-28-33(23,24)31-34(25,26)30-32(20,21)22/h7-10H,3-6H2,1-2H3,(H,23,24)(H,25,26)(H2,15,17,18)(H2,20,21,22)/t8-,9-,10-/m0/s1. The van der Waals surface area contributed by atoms with Crippen LogP contribution in [0.25, 0.3) is 11.2 Å². The van der Waals surface area contributed by atoms with Crippen molar-refractivity contribution < 1.29 is 55.9 Å². The molecule has 1 fully saturated rings. The van der Waals surface area contributed by atoms with Gasteiger partial charge in [0.05, 0.1) is 38.3 Å². The molecule has 20 heteroatoms. The number of hydrogen-bond donors (Lipinski definition) is 5. The summed E-state index contributed by atoms with van der Waals surface area (Å²) in [6.07, 6.45) is 0.836. The van der Waals surface area contributed by atoms with E-state index in [0.29, 0.717) is 30.7 Å². The summed E-state index contributed by atoms with van der Waals surface area (Å²) in [6.45, 7) is 3.81. The number of nitrogens with zero attached hydrogens (tertiary/aromatic N) is 4. The van der Waals surface area contributed by atoms with E-state index >= 15 is 0 Å². The van der Waals surface area contributed by atoms with Crippen LogP contribution >= 0.6 is 23.5 Å². The molecule has 3 heterocycles. The molecule has 1 aliphatic rings. The van der Waals surface area contributed by atoms with Crippen LogP contribution in [0.2, 0.25) is 0 Å². The summed E-state index contributed by atoms with van der Waals surface area (Å²) in [6, 6.07) is 0. The summed E-state index contributed by atoms with van der Waals surface area (Å²) in [7, 11) is -16.3. The molecule has 17 nitrogen and oxygen atoms in total. The molecule has 34 heavy (non-hydrogen) atoms. The van der Waals surface area contributed by atoms with E-state index in [-0.39, 0.29) is 17.7 Å². The van der Waals surface area contributed by atoms with Crippen molar-refractivity contribution in [1.29, 1.82) is 0 Å². The second-order valence-electron chi connectivity index (χ2n) is 7.29. The highest BCUT2D eigenvalue weighted by Crippen LogP contribution is 2.66. The first-order valence-corrected chi connectivity index (χ1v) is 14.2. The van der Waals surface area contributed by atoms with Crippen molar-refractivity contribution in [3.8, 4) is 5.88 Å². The van der Waals surface area contributed by atoms with Crippen molar-refractivity contribution in [2.45, 2.75) is 39.0 Å². The van der Waals surface area contributed by atoms with Gasteiger partial charge in [-0.25, -0.2) is 18.7 Å². The van der Waals surface area contributed by atoms with E-state index < -0.39 is 42.3 Å². The molecule has 2 aromatic heterocycles. The summed E-state index contributed by atoms with van der Waals surface area (Å²) >= 11 is 0. The van der Waals surface area contributed by atoms with Gasteiger partial charge in [0.25, 0.3) is 0 Å². The van der Waals surface area contributed by atoms with Crippen LogP contribution in [0, 0.1) is 5.92 Å². The van der Waals surface area contributed by atoms with Gasteiger partial charge < -0.3 is 39.3 Å². The monoisotopic (exact) mass is 547 g/mol. The maximum atomic E-state index is 11.9. The minimum atomic E-state index is -5.58. The lowest BCUT2D eigenvalue weighted by atomic mass is 10.0. The molecule has 0 amide bonds. The molecule has 0 bridgehead atoms. The first-order chi connectivity index (χ1) is 15.7. The Morgan fingerprint density at radius 3 is 2.53 bits per heavy atom. The predicted molar refractivity (Wildman–Crippen MR) is 113 cm³/mol. The number of ether oxygens (including phenoxy) is 2. The van der Waals surface area contributed by atoms with Gasteiger partial charge in [0.1, 0.15) is 0 Å². The Kier molecular flexibility index (Phi) is 8.17. The Hall–Kier alpha value is -1.48. The molecular weight excluding hydrogens is 523 g/mol. The quantitative estimate of drug-likeness (QED) is 0.246. The highest BCUT2D eigenvalue weighted by Gasteiger charge is 2.42. The van der Waals surface area contributed by atoms with Gasteiger partial charge in [-0.3, -0.25) is 4.52 Å². The number of hydrogen-bond acceptors (Lipinski definition) is 12. The number of aromatic nitrogens is 4. The van der Waals surface area contributed by atoms with Crippen LogP contribution in [-0.2, 0) is 38.1 Å². The number of nitrogens with two attached hydrogens (primary N) is 1. The normalized spacial score (nSPS) is 24.7. The van der Waals surface area contributed by atoms with Crippen LogP contribution in [0.5, 0.6) is 5.88 Å². The number of anilines is 1. The molecule has 6 N–H and O–H groups in total. The molecule has 0 saturated carbocycles. The number of fused-ring (bicyclic) bond motifs is 1. The number of rotatable bonds is 11. The Morgan fingerprint density at radius 1 is 1.18 bits per heavy atom. The van der Waals surface area contributed by atoms with Crippen LogP contribution in [-0.4, -0.2) is 64.5 Å². The summed E-state index contributed by atoms with van der Waals surface area (Å²) in [4.78, 5) is 48.4. The molecule has 0 aromatic carbocycles. The van der Waals surface area contributed by atoms with Gasteiger partial charge in [0, 0.05) is 0 Å². The van der Waals surface area contributed by atoms with Crippen molar-refractivity contribution in [2.24, 2.45) is 5.92 Å². The smallest absolute Gasteiger partial charge is 0.476 e. The van der Waals surface area contributed by atoms with E-state index in [0.717, 1.165) is 0 Å². The second-order valence-corrected chi connectivity index (χ2v) is 11.7. The first kappa shape index (κ1) is 27.1. The van der Waals surface area contributed by atoms with Crippen LogP contribution in [0.15, 0.2) is 6.33 Å². The third-order valence-electron chi connectivity index (χ3n) is 4.58. The van der Waals surface area contributed by atoms with Crippen molar-refractivity contribution in [3.63, 3.8) is 0 Å². The van der Waals surface area contributed by atoms with Gasteiger partial charge in [0.2, 0.25) is 11.8 Å². The lowest BCUT2D eigenvalue weighted by molar-refractivity contribution is -0.00114.